The van der Waals surface area contributed by atoms with Crippen LogP contribution in [0.2, 0.25) is 0 Å². The van der Waals surface area contributed by atoms with Gasteiger partial charge in [0.05, 0.1) is 10.5 Å². The highest BCUT2D eigenvalue weighted by atomic mass is 79.9. The Morgan fingerprint density at radius 3 is 2.52 bits per heavy atom. The number of hydrogen-bond acceptors (Lipinski definition) is 5. The van der Waals surface area contributed by atoms with Crippen LogP contribution in [0.25, 0.3) is 0 Å². The second-order valence-corrected chi connectivity index (χ2v) is 8.33. The molecule has 0 heterocycles. The summed E-state index contributed by atoms with van der Waals surface area (Å²) < 4.78 is 27.8. The Balaban J connectivity index is 2.98. The highest BCUT2D eigenvalue weighted by Crippen LogP contribution is 2.26. The summed E-state index contributed by atoms with van der Waals surface area (Å²) in [4.78, 5) is 1.89. The minimum atomic E-state index is -3.74. The Bertz CT molecular complexity index is 615. The first kappa shape index (κ1) is 18.4. The van der Waals surface area contributed by atoms with Crippen molar-refractivity contribution in [2.75, 3.05) is 32.9 Å². The summed E-state index contributed by atoms with van der Waals surface area (Å²) in [6, 6.07) is 3.14. The summed E-state index contributed by atoms with van der Waals surface area (Å²) >= 11 is 3.23. The van der Waals surface area contributed by atoms with Crippen molar-refractivity contribution in [2.45, 2.75) is 24.3 Å². The molecule has 6 nitrogen and oxygen atoms in total. The number of nitrogen functional groups attached to an aromatic ring is 1. The Kier molecular flexibility index (Phi) is 5.79. The highest BCUT2D eigenvalue weighted by molar-refractivity contribution is 9.10. The molecule has 1 rings (SSSR count). The van der Waals surface area contributed by atoms with E-state index in [1.165, 1.54) is 6.07 Å². The van der Waals surface area contributed by atoms with Crippen LogP contribution in [0.15, 0.2) is 21.5 Å². The molecule has 0 fully saturated rings. The summed E-state index contributed by atoms with van der Waals surface area (Å²) in [5.41, 5.74) is 5.50. The van der Waals surface area contributed by atoms with E-state index in [1.54, 1.807) is 24.8 Å². The number of halogens is 1. The maximum Gasteiger partial charge on any atom is 0.241 e. The number of aliphatic hydroxyl groups is 1. The van der Waals surface area contributed by atoms with Gasteiger partial charge in [-0.15, -0.1) is 0 Å². The molecule has 1 unspecified atom stereocenters. The summed E-state index contributed by atoms with van der Waals surface area (Å²) in [6.45, 7) is 3.49. The van der Waals surface area contributed by atoms with Crippen molar-refractivity contribution in [2.24, 2.45) is 0 Å². The molecule has 0 aliphatic heterocycles. The molecule has 120 valence electrons. The van der Waals surface area contributed by atoms with Gasteiger partial charge < -0.3 is 15.7 Å². The van der Waals surface area contributed by atoms with Gasteiger partial charge in [0.25, 0.3) is 0 Å². The first-order valence-electron chi connectivity index (χ1n) is 6.37. The number of nitrogens with one attached hydrogen (secondary N) is 1. The van der Waals surface area contributed by atoms with Gasteiger partial charge in [-0.2, -0.15) is 0 Å². The average Bonchev–Trinajstić information content (AvgIpc) is 2.30. The fourth-order valence-corrected chi connectivity index (χ4v) is 4.11. The van der Waals surface area contributed by atoms with Crippen molar-refractivity contribution in [3.05, 3.63) is 22.2 Å². The van der Waals surface area contributed by atoms with Crippen molar-refractivity contribution in [1.82, 2.24) is 9.62 Å². The molecule has 0 saturated heterocycles. The monoisotopic (exact) mass is 379 g/mol. The first-order valence-corrected chi connectivity index (χ1v) is 8.65. The Morgan fingerprint density at radius 1 is 1.43 bits per heavy atom. The summed E-state index contributed by atoms with van der Waals surface area (Å²) in [5.74, 6) is 0. The number of likely N-dealkylation sites (N-methyl/N-ethyl adjacent to an activating group) is 1. The third-order valence-electron chi connectivity index (χ3n) is 2.95. The van der Waals surface area contributed by atoms with Crippen LogP contribution in [-0.4, -0.2) is 51.2 Å². The van der Waals surface area contributed by atoms with E-state index >= 15 is 0 Å². The van der Waals surface area contributed by atoms with Crippen LogP contribution >= 0.6 is 15.9 Å². The third-order valence-corrected chi connectivity index (χ3v) is 4.94. The fraction of sp³-hybridized carbons (Fsp3) is 0.538. The lowest BCUT2D eigenvalue weighted by atomic mass is 10.1. The van der Waals surface area contributed by atoms with E-state index in [-0.39, 0.29) is 11.4 Å². The lowest BCUT2D eigenvalue weighted by Crippen LogP contribution is -2.47. The highest BCUT2D eigenvalue weighted by Gasteiger charge is 2.26. The molecular formula is C13H22BrN3O3S. The van der Waals surface area contributed by atoms with Crippen LogP contribution in [0.1, 0.15) is 12.5 Å². The maximum atomic E-state index is 12.4. The standard InChI is InChI=1S/C13H22BrN3O3S/c1-9-11(15)5-10(14)6-12(9)21(19,20)16-7-13(2,18)8-17(3)4/h5-6,16,18H,7-8,15H2,1-4H3. The van der Waals surface area contributed by atoms with E-state index in [0.717, 1.165) is 0 Å². The topological polar surface area (TPSA) is 95.7 Å². The number of hydrogen-bond donors (Lipinski definition) is 3. The van der Waals surface area contributed by atoms with Gasteiger partial charge in [-0.3, -0.25) is 0 Å². The van der Waals surface area contributed by atoms with Gasteiger partial charge >= 0.3 is 0 Å². The van der Waals surface area contributed by atoms with E-state index in [9.17, 15) is 13.5 Å². The molecule has 0 spiro atoms. The number of benzene rings is 1. The number of anilines is 1. The van der Waals surface area contributed by atoms with Crippen molar-refractivity contribution >= 4 is 31.6 Å². The molecule has 0 aliphatic rings. The van der Waals surface area contributed by atoms with E-state index < -0.39 is 15.6 Å². The van der Waals surface area contributed by atoms with Crippen LogP contribution in [0.3, 0.4) is 0 Å². The predicted octanol–water partition coefficient (Wildman–Crippen LogP) is 0.931. The molecule has 1 aromatic rings. The number of nitrogens with two attached hydrogens (primary N) is 1. The number of nitrogens with zero attached hydrogens (tertiary/aromatic N) is 1. The van der Waals surface area contributed by atoms with Gasteiger partial charge in [0.1, 0.15) is 0 Å². The zero-order valence-corrected chi connectivity index (χ0v) is 15.0. The molecule has 0 aromatic heterocycles. The van der Waals surface area contributed by atoms with Crippen molar-refractivity contribution in [3.63, 3.8) is 0 Å². The van der Waals surface area contributed by atoms with E-state index in [1.807, 2.05) is 14.1 Å². The lowest BCUT2D eigenvalue weighted by molar-refractivity contribution is 0.0386. The summed E-state index contributed by atoms with van der Waals surface area (Å²) in [5, 5.41) is 10.2. The molecular weight excluding hydrogens is 358 g/mol. The van der Waals surface area contributed by atoms with Crippen LogP contribution in [0, 0.1) is 6.92 Å². The Labute approximate surface area is 134 Å². The number of rotatable bonds is 6. The van der Waals surface area contributed by atoms with Gasteiger partial charge in [-0.05, 0) is 45.6 Å². The zero-order chi connectivity index (χ0) is 16.4. The van der Waals surface area contributed by atoms with E-state index in [4.69, 9.17) is 5.73 Å². The van der Waals surface area contributed by atoms with Gasteiger partial charge in [-0.1, -0.05) is 15.9 Å². The predicted molar refractivity (Wildman–Crippen MR) is 87.7 cm³/mol. The van der Waals surface area contributed by atoms with Gasteiger partial charge in [-0.25, -0.2) is 13.1 Å². The van der Waals surface area contributed by atoms with Crippen molar-refractivity contribution < 1.29 is 13.5 Å². The smallest absolute Gasteiger partial charge is 0.241 e. The summed E-state index contributed by atoms with van der Waals surface area (Å²) in [6.07, 6.45) is 0. The molecule has 1 atom stereocenters. The molecule has 8 heteroatoms. The molecule has 0 saturated carbocycles. The van der Waals surface area contributed by atoms with Crippen molar-refractivity contribution in [1.29, 1.82) is 0 Å². The normalized spacial score (nSPS) is 15.2. The van der Waals surface area contributed by atoms with Gasteiger partial charge in [0, 0.05) is 23.2 Å². The van der Waals surface area contributed by atoms with Gasteiger partial charge in [0.15, 0.2) is 0 Å². The molecule has 0 bridgehead atoms. The average molecular weight is 380 g/mol. The zero-order valence-electron chi connectivity index (χ0n) is 12.6. The second-order valence-electron chi connectivity index (χ2n) is 5.68. The minimum Gasteiger partial charge on any atom is -0.398 e. The van der Waals surface area contributed by atoms with E-state index in [0.29, 0.717) is 22.3 Å². The lowest BCUT2D eigenvalue weighted by Gasteiger charge is -2.27. The second kappa shape index (κ2) is 6.62. The van der Waals surface area contributed by atoms with Crippen LogP contribution in [-0.2, 0) is 10.0 Å². The SMILES string of the molecule is Cc1c(N)cc(Br)cc1S(=O)(=O)NCC(C)(O)CN(C)C. The third kappa shape index (κ3) is 5.23. The maximum absolute atomic E-state index is 12.4. The minimum absolute atomic E-state index is 0.0840. The van der Waals surface area contributed by atoms with Crippen LogP contribution in [0.4, 0.5) is 5.69 Å². The number of sulfonamides is 1. The molecule has 21 heavy (non-hydrogen) atoms. The largest absolute Gasteiger partial charge is 0.398 e. The van der Waals surface area contributed by atoms with E-state index in [2.05, 4.69) is 20.7 Å². The van der Waals surface area contributed by atoms with Crippen LogP contribution < -0.4 is 10.5 Å². The Morgan fingerprint density at radius 2 is 2.00 bits per heavy atom. The Hall–Kier alpha value is -0.670. The molecule has 1 aromatic carbocycles. The molecule has 0 amide bonds. The van der Waals surface area contributed by atoms with Crippen molar-refractivity contribution in [3.8, 4) is 0 Å². The van der Waals surface area contributed by atoms with Gasteiger partial charge in [0.2, 0.25) is 10.0 Å². The molecule has 0 aliphatic carbocycles. The summed E-state index contributed by atoms with van der Waals surface area (Å²) in [7, 11) is -0.128. The quantitative estimate of drug-likeness (QED) is 0.639. The van der Waals surface area contributed by atoms with Crippen LogP contribution in [0.5, 0.6) is 0 Å². The molecule has 4 N–H and O–H groups in total. The fourth-order valence-electron chi connectivity index (χ4n) is 2.02. The first-order chi connectivity index (χ1) is 9.44. The molecule has 0 radical (unpaired) electrons.